The molecular formula is C16H24N6OS. The highest BCUT2D eigenvalue weighted by atomic mass is 32.1. The summed E-state index contributed by atoms with van der Waals surface area (Å²) in [6.45, 7) is 7.33. The Hall–Kier alpha value is -1.96. The second kappa shape index (κ2) is 6.88. The smallest absolute Gasteiger partial charge is 0.318 e. The number of likely N-dealkylation sites (tertiary alicyclic amines) is 1. The molecule has 1 aliphatic heterocycles. The second-order valence-electron chi connectivity index (χ2n) is 6.99. The van der Waals surface area contributed by atoms with Crippen molar-refractivity contribution < 1.29 is 4.79 Å². The minimum atomic E-state index is -0.162. The van der Waals surface area contributed by atoms with Crippen LogP contribution in [0.3, 0.4) is 0 Å². The Labute approximate surface area is 146 Å². The summed E-state index contributed by atoms with van der Waals surface area (Å²) in [7, 11) is 0. The van der Waals surface area contributed by atoms with Gasteiger partial charge in [0.05, 0.1) is 18.1 Å². The van der Waals surface area contributed by atoms with E-state index >= 15 is 0 Å². The molecule has 24 heavy (non-hydrogen) atoms. The highest BCUT2D eigenvalue weighted by Gasteiger charge is 2.30. The third-order valence-corrected chi connectivity index (χ3v) is 5.03. The highest BCUT2D eigenvalue weighted by molar-refractivity contribution is 7.09. The SMILES string of the molecule is CC(C)(C)n1ncnc1CNC(=O)N1CCCC[C@@H]1c1nccs1. The monoisotopic (exact) mass is 348 g/mol. The van der Waals surface area contributed by atoms with E-state index in [4.69, 9.17) is 0 Å². The molecular weight excluding hydrogens is 324 g/mol. The molecule has 0 aromatic carbocycles. The van der Waals surface area contributed by atoms with E-state index in [-0.39, 0.29) is 17.6 Å². The van der Waals surface area contributed by atoms with Crippen molar-refractivity contribution in [3.05, 3.63) is 28.7 Å². The van der Waals surface area contributed by atoms with Crippen molar-refractivity contribution in [3.8, 4) is 0 Å². The van der Waals surface area contributed by atoms with Crippen molar-refractivity contribution in [1.29, 1.82) is 0 Å². The molecule has 1 saturated heterocycles. The molecule has 1 atom stereocenters. The van der Waals surface area contributed by atoms with Gasteiger partial charge in [0.25, 0.3) is 0 Å². The Balaban J connectivity index is 1.67. The summed E-state index contributed by atoms with van der Waals surface area (Å²) in [6.07, 6.45) is 6.47. The fourth-order valence-electron chi connectivity index (χ4n) is 3.03. The normalized spacial score (nSPS) is 18.6. The molecule has 3 heterocycles. The van der Waals surface area contributed by atoms with E-state index in [0.717, 1.165) is 36.6 Å². The van der Waals surface area contributed by atoms with Gasteiger partial charge in [-0.1, -0.05) is 0 Å². The van der Waals surface area contributed by atoms with Gasteiger partial charge in [0, 0.05) is 18.1 Å². The predicted molar refractivity (Wildman–Crippen MR) is 92.7 cm³/mol. The predicted octanol–water partition coefficient (Wildman–Crippen LogP) is 2.93. The van der Waals surface area contributed by atoms with Gasteiger partial charge in [-0.2, -0.15) is 5.10 Å². The second-order valence-corrected chi connectivity index (χ2v) is 7.92. The first kappa shape index (κ1) is 16.9. The summed E-state index contributed by atoms with van der Waals surface area (Å²) in [6, 6.07) is 0.0256. The van der Waals surface area contributed by atoms with Gasteiger partial charge in [-0.25, -0.2) is 19.4 Å². The number of aromatic nitrogens is 4. The molecule has 3 rings (SSSR count). The summed E-state index contributed by atoms with van der Waals surface area (Å²) in [5.41, 5.74) is -0.162. The summed E-state index contributed by atoms with van der Waals surface area (Å²) in [4.78, 5) is 23.3. The van der Waals surface area contributed by atoms with Crippen LogP contribution in [0.2, 0.25) is 0 Å². The van der Waals surface area contributed by atoms with Crippen LogP contribution in [-0.4, -0.2) is 37.2 Å². The Morgan fingerprint density at radius 2 is 2.21 bits per heavy atom. The maximum absolute atomic E-state index is 12.7. The van der Waals surface area contributed by atoms with E-state index in [2.05, 4.69) is 41.2 Å². The van der Waals surface area contributed by atoms with Crippen LogP contribution >= 0.6 is 11.3 Å². The fourth-order valence-corrected chi connectivity index (χ4v) is 3.82. The van der Waals surface area contributed by atoms with E-state index in [0.29, 0.717) is 6.54 Å². The molecule has 0 bridgehead atoms. The average molecular weight is 348 g/mol. The fraction of sp³-hybridized carbons (Fsp3) is 0.625. The Morgan fingerprint density at radius 3 is 2.92 bits per heavy atom. The largest absolute Gasteiger partial charge is 0.331 e. The summed E-state index contributed by atoms with van der Waals surface area (Å²) >= 11 is 1.61. The van der Waals surface area contributed by atoms with Gasteiger partial charge in [0.1, 0.15) is 17.2 Å². The van der Waals surface area contributed by atoms with Gasteiger partial charge in [-0.05, 0) is 40.0 Å². The number of nitrogens with zero attached hydrogens (tertiary/aromatic N) is 5. The Kier molecular flexibility index (Phi) is 4.84. The van der Waals surface area contributed by atoms with Gasteiger partial charge in [0.15, 0.2) is 0 Å². The minimum absolute atomic E-state index is 0.0571. The molecule has 1 fully saturated rings. The lowest BCUT2D eigenvalue weighted by molar-refractivity contribution is 0.150. The molecule has 1 N–H and O–H groups in total. The number of piperidine rings is 1. The van der Waals surface area contributed by atoms with E-state index in [1.807, 2.05) is 15.0 Å². The van der Waals surface area contributed by atoms with Crippen LogP contribution in [-0.2, 0) is 12.1 Å². The molecule has 130 valence electrons. The first-order valence-corrected chi connectivity index (χ1v) is 9.18. The lowest BCUT2D eigenvalue weighted by Gasteiger charge is -2.34. The van der Waals surface area contributed by atoms with Gasteiger partial charge in [-0.3, -0.25) is 0 Å². The van der Waals surface area contributed by atoms with Crippen molar-refractivity contribution in [2.75, 3.05) is 6.54 Å². The van der Waals surface area contributed by atoms with E-state index in [1.54, 1.807) is 17.5 Å². The number of carbonyl (C=O) groups is 1. The minimum Gasteiger partial charge on any atom is -0.331 e. The number of hydrogen-bond acceptors (Lipinski definition) is 5. The average Bonchev–Trinajstić information content (AvgIpc) is 3.23. The molecule has 7 nitrogen and oxygen atoms in total. The molecule has 8 heteroatoms. The molecule has 0 radical (unpaired) electrons. The molecule has 1 aliphatic rings. The quantitative estimate of drug-likeness (QED) is 0.925. The van der Waals surface area contributed by atoms with E-state index in [1.165, 1.54) is 6.33 Å². The molecule has 0 saturated carbocycles. The first-order chi connectivity index (χ1) is 11.5. The molecule has 2 amide bonds. The zero-order valence-corrected chi connectivity index (χ0v) is 15.2. The third kappa shape index (κ3) is 3.58. The maximum atomic E-state index is 12.7. The number of urea groups is 1. The van der Waals surface area contributed by atoms with Crippen molar-refractivity contribution in [1.82, 2.24) is 30.0 Å². The zero-order valence-electron chi connectivity index (χ0n) is 14.4. The van der Waals surface area contributed by atoms with Crippen molar-refractivity contribution in [2.45, 2.75) is 58.2 Å². The number of amides is 2. The van der Waals surface area contributed by atoms with Crippen LogP contribution < -0.4 is 5.32 Å². The zero-order chi connectivity index (χ0) is 17.2. The number of nitrogens with one attached hydrogen (secondary N) is 1. The van der Waals surface area contributed by atoms with Crippen LogP contribution in [0.25, 0.3) is 0 Å². The maximum Gasteiger partial charge on any atom is 0.318 e. The molecule has 2 aromatic heterocycles. The van der Waals surface area contributed by atoms with Crippen LogP contribution in [0.5, 0.6) is 0 Å². The molecule has 2 aromatic rings. The lowest BCUT2D eigenvalue weighted by atomic mass is 10.0. The molecule has 0 unspecified atom stereocenters. The van der Waals surface area contributed by atoms with Gasteiger partial charge >= 0.3 is 6.03 Å². The first-order valence-electron chi connectivity index (χ1n) is 8.30. The molecule has 0 aliphatic carbocycles. The van der Waals surface area contributed by atoms with Gasteiger partial charge < -0.3 is 10.2 Å². The van der Waals surface area contributed by atoms with Crippen LogP contribution in [0, 0.1) is 0 Å². The Morgan fingerprint density at radius 1 is 1.38 bits per heavy atom. The van der Waals surface area contributed by atoms with E-state index in [9.17, 15) is 4.79 Å². The van der Waals surface area contributed by atoms with Crippen molar-refractivity contribution in [3.63, 3.8) is 0 Å². The number of hydrogen-bond donors (Lipinski definition) is 1. The Bertz CT molecular complexity index is 675. The van der Waals surface area contributed by atoms with Crippen LogP contribution in [0.15, 0.2) is 17.9 Å². The van der Waals surface area contributed by atoms with Crippen LogP contribution in [0.1, 0.15) is 56.9 Å². The summed E-state index contributed by atoms with van der Waals surface area (Å²) in [5, 5.41) is 10.2. The topological polar surface area (TPSA) is 75.9 Å². The standard InChI is InChI=1S/C16H24N6OS/c1-16(2,3)22-13(19-11-20-22)10-18-15(23)21-8-5-4-6-12(21)14-17-7-9-24-14/h7,9,11-12H,4-6,8,10H2,1-3H3,(H,18,23)/t12-/m1/s1. The van der Waals surface area contributed by atoms with Gasteiger partial charge in [0.2, 0.25) is 0 Å². The molecule has 0 spiro atoms. The lowest BCUT2D eigenvalue weighted by Crippen LogP contribution is -2.44. The number of thiazole rings is 1. The van der Waals surface area contributed by atoms with Crippen LogP contribution in [0.4, 0.5) is 4.79 Å². The van der Waals surface area contributed by atoms with Gasteiger partial charge in [-0.15, -0.1) is 11.3 Å². The third-order valence-electron chi connectivity index (χ3n) is 4.15. The number of carbonyl (C=O) groups excluding carboxylic acids is 1. The summed E-state index contributed by atoms with van der Waals surface area (Å²) in [5.74, 6) is 0.763. The number of rotatable bonds is 3. The highest BCUT2D eigenvalue weighted by Crippen LogP contribution is 2.31. The van der Waals surface area contributed by atoms with E-state index < -0.39 is 0 Å². The van der Waals surface area contributed by atoms with Crippen molar-refractivity contribution >= 4 is 17.4 Å². The van der Waals surface area contributed by atoms with Crippen molar-refractivity contribution in [2.24, 2.45) is 0 Å². The summed E-state index contributed by atoms with van der Waals surface area (Å²) < 4.78 is 1.85.